The van der Waals surface area contributed by atoms with Crippen LogP contribution in [0.5, 0.6) is 0 Å². The van der Waals surface area contributed by atoms with Crippen LogP contribution in [0.2, 0.25) is 0 Å². The molecule has 4 heteroatoms. The van der Waals surface area contributed by atoms with Crippen LogP contribution in [-0.4, -0.2) is 47.5 Å². The summed E-state index contributed by atoms with van der Waals surface area (Å²) in [5, 5.41) is 3.28. The Kier molecular flexibility index (Phi) is 3.34. The Morgan fingerprint density at radius 2 is 2.43 bits per heavy atom. The van der Waals surface area contributed by atoms with E-state index in [9.17, 15) is 4.79 Å². The molecule has 80 valence electrons. The van der Waals surface area contributed by atoms with Gasteiger partial charge in [-0.2, -0.15) is 11.8 Å². The molecular weight excluding hydrogens is 196 g/mol. The number of hydrogen-bond acceptors (Lipinski definition) is 3. The highest BCUT2D eigenvalue weighted by Crippen LogP contribution is 2.18. The van der Waals surface area contributed by atoms with Crippen molar-refractivity contribution in [1.29, 1.82) is 0 Å². The maximum Gasteiger partial charge on any atom is 0.240 e. The Balaban J connectivity index is 1.94. The lowest BCUT2D eigenvalue weighted by atomic mass is 10.1. The third-order valence-electron chi connectivity index (χ3n) is 3.01. The Labute approximate surface area is 89.6 Å². The SMILES string of the molecule is CC1CSCCN1C(=O)C1CCCN1. The Morgan fingerprint density at radius 3 is 3.07 bits per heavy atom. The van der Waals surface area contributed by atoms with Gasteiger partial charge in [0, 0.05) is 24.1 Å². The van der Waals surface area contributed by atoms with E-state index in [1.165, 1.54) is 0 Å². The Bertz CT molecular complexity index is 216. The summed E-state index contributed by atoms with van der Waals surface area (Å²) in [6.07, 6.45) is 2.17. The summed E-state index contributed by atoms with van der Waals surface area (Å²) in [5.74, 6) is 2.52. The van der Waals surface area contributed by atoms with Crippen LogP contribution in [0.4, 0.5) is 0 Å². The predicted octanol–water partition coefficient (Wildman–Crippen LogP) is 0.702. The molecular formula is C10H18N2OS. The lowest BCUT2D eigenvalue weighted by molar-refractivity contribution is -0.134. The largest absolute Gasteiger partial charge is 0.337 e. The van der Waals surface area contributed by atoms with Gasteiger partial charge in [-0.25, -0.2) is 0 Å². The van der Waals surface area contributed by atoms with E-state index in [0.717, 1.165) is 37.4 Å². The number of nitrogens with zero attached hydrogens (tertiary/aromatic N) is 1. The molecule has 2 atom stereocenters. The Hall–Kier alpha value is -0.220. The van der Waals surface area contributed by atoms with Crippen molar-refractivity contribution >= 4 is 17.7 Å². The zero-order valence-electron chi connectivity index (χ0n) is 8.66. The van der Waals surface area contributed by atoms with E-state index in [-0.39, 0.29) is 6.04 Å². The summed E-state index contributed by atoms with van der Waals surface area (Å²) in [4.78, 5) is 14.1. The number of amides is 1. The highest BCUT2D eigenvalue weighted by Gasteiger charge is 2.30. The van der Waals surface area contributed by atoms with Gasteiger partial charge in [0.15, 0.2) is 0 Å². The van der Waals surface area contributed by atoms with Crippen LogP contribution in [0.25, 0.3) is 0 Å². The quantitative estimate of drug-likeness (QED) is 0.697. The van der Waals surface area contributed by atoms with Gasteiger partial charge in [-0.3, -0.25) is 4.79 Å². The van der Waals surface area contributed by atoms with E-state index < -0.39 is 0 Å². The van der Waals surface area contributed by atoms with E-state index >= 15 is 0 Å². The summed E-state index contributed by atoms with van der Waals surface area (Å²) in [6, 6.07) is 0.532. The fourth-order valence-corrected chi connectivity index (χ4v) is 3.16. The van der Waals surface area contributed by atoms with Crippen molar-refractivity contribution in [2.24, 2.45) is 0 Å². The topological polar surface area (TPSA) is 32.3 Å². The third kappa shape index (κ3) is 2.06. The normalized spacial score (nSPS) is 33.4. The maximum atomic E-state index is 12.1. The molecule has 0 aromatic rings. The molecule has 2 aliphatic rings. The van der Waals surface area contributed by atoms with Crippen molar-refractivity contribution in [3.8, 4) is 0 Å². The van der Waals surface area contributed by atoms with Crippen LogP contribution in [-0.2, 0) is 4.79 Å². The van der Waals surface area contributed by atoms with Gasteiger partial charge < -0.3 is 10.2 Å². The summed E-state index contributed by atoms with van der Waals surface area (Å²) < 4.78 is 0. The van der Waals surface area contributed by atoms with Crippen LogP contribution in [0.3, 0.4) is 0 Å². The first-order valence-electron chi connectivity index (χ1n) is 5.40. The number of nitrogens with one attached hydrogen (secondary N) is 1. The second-order valence-corrected chi connectivity index (χ2v) is 5.25. The van der Waals surface area contributed by atoms with Crippen molar-refractivity contribution < 1.29 is 4.79 Å². The number of hydrogen-bond donors (Lipinski definition) is 1. The fourth-order valence-electron chi connectivity index (χ4n) is 2.15. The van der Waals surface area contributed by atoms with Crippen LogP contribution in [0, 0.1) is 0 Å². The van der Waals surface area contributed by atoms with Crippen LogP contribution >= 0.6 is 11.8 Å². The number of thioether (sulfide) groups is 1. The second kappa shape index (κ2) is 4.53. The van der Waals surface area contributed by atoms with Crippen LogP contribution < -0.4 is 5.32 Å². The van der Waals surface area contributed by atoms with E-state index in [1.807, 2.05) is 11.8 Å². The standard InChI is InChI=1S/C10H18N2OS/c1-8-7-14-6-5-12(8)10(13)9-3-2-4-11-9/h8-9,11H,2-7H2,1H3. The zero-order chi connectivity index (χ0) is 9.97. The monoisotopic (exact) mass is 214 g/mol. The lowest BCUT2D eigenvalue weighted by Crippen LogP contribution is -2.51. The lowest BCUT2D eigenvalue weighted by Gasteiger charge is -2.34. The molecule has 2 unspecified atom stereocenters. The number of rotatable bonds is 1. The third-order valence-corrected chi connectivity index (χ3v) is 4.20. The van der Waals surface area contributed by atoms with E-state index in [4.69, 9.17) is 0 Å². The predicted molar refractivity (Wildman–Crippen MR) is 59.5 cm³/mol. The van der Waals surface area contributed by atoms with Gasteiger partial charge in [-0.15, -0.1) is 0 Å². The summed E-state index contributed by atoms with van der Waals surface area (Å²) >= 11 is 1.95. The second-order valence-electron chi connectivity index (χ2n) is 4.10. The Morgan fingerprint density at radius 1 is 1.57 bits per heavy atom. The van der Waals surface area contributed by atoms with Crippen molar-refractivity contribution in [1.82, 2.24) is 10.2 Å². The molecule has 0 aromatic carbocycles. The minimum Gasteiger partial charge on any atom is -0.337 e. The molecule has 0 spiro atoms. The average Bonchev–Trinajstić information content (AvgIpc) is 2.70. The molecule has 2 heterocycles. The van der Waals surface area contributed by atoms with Gasteiger partial charge in [0.05, 0.1) is 6.04 Å². The molecule has 2 aliphatic heterocycles. The molecule has 14 heavy (non-hydrogen) atoms. The molecule has 3 nitrogen and oxygen atoms in total. The van der Waals surface area contributed by atoms with Gasteiger partial charge >= 0.3 is 0 Å². The molecule has 2 rings (SSSR count). The van der Waals surface area contributed by atoms with Crippen molar-refractivity contribution in [2.75, 3.05) is 24.6 Å². The molecule has 1 N–H and O–H groups in total. The first-order valence-corrected chi connectivity index (χ1v) is 6.56. The number of carbonyl (C=O) groups excluding carboxylic acids is 1. The molecule has 1 amide bonds. The minimum atomic E-state index is 0.112. The zero-order valence-corrected chi connectivity index (χ0v) is 9.48. The van der Waals surface area contributed by atoms with Crippen LogP contribution in [0.15, 0.2) is 0 Å². The van der Waals surface area contributed by atoms with E-state index in [1.54, 1.807) is 0 Å². The molecule has 2 saturated heterocycles. The van der Waals surface area contributed by atoms with Gasteiger partial charge in [-0.05, 0) is 26.3 Å². The minimum absolute atomic E-state index is 0.112. The van der Waals surface area contributed by atoms with E-state index in [2.05, 4.69) is 17.1 Å². The summed E-state index contributed by atoms with van der Waals surface area (Å²) in [6.45, 7) is 4.09. The molecule has 2 fully saturated rings. The maximum absolute atomic E-state index is 12.1. The van der Waals surface area contributed by atoms with Gasteiger partial charge in [0.25, 0.3) is 0 Å². The van der Waals surface area contributed by atoms with Crippen molar-refractivity contribution in [3.63, 3.8) is 0 Å². The van der Waals surface area contributed by atoms with Gasteiger partial charge in [-0.1, -0.05) is 0 Å². The smallest absolute Gasteiger partial charge is 0.240 e. The van der Waals surface area contributed by atoms with Crippen LogP contribution in [0.1, 0.15) is 19.8 Å². The van der Waals surface area contributed by atoms with Crippen molar-refractivity contribution in [2.45, 2.75) is 31.8 Å². The highest BCUT2D eigenvalue weighted by molar-refractivity contribution is 7.99. The average molecular weight is 214 g/mol. The molecule has 0 bridgehead atoms. The molecule has 0 radical (unpaired) electrons. The fraction of sp³-hybridized carbons (Fsp3) is 0.900. The highest BCUT2D eigenvalue weighted by atomic mass is 32.2. The van der Waals surface area contributed by atoms with Gasteiger partial charge in [0.2, 0.25) is 5.91 Å². The van der Waals surface area contributed by atoms with Crippen molar-refractivity contribution in [3.05, 3.63) is 0 Å². The number of carbonyl (C=O) groups is 1. The first kappa shape index (κ1) is 10.3. The molecule has 0 aromatic heterocycles. The first-order chi connectivity index (χ1) is 6.79. The summed E-state index contributed by atoms with van der Waals surface area (Å²) in [5.41, 5.74) is 0. The molecule has 0 saturated carbocycles. The molecule has 0 aliphatic carbocycles. The summed E-state index contributed by atoms with van der Waals surface area (Å²) in [7, 11) is 0. The van der Waals surface area contributed by atoms with E-state index in [0.29, 0.717) is 11.9 Å². The van der Waals surface area contributed by atoms with Gasteiger partial charge in [0.1, 0.15) is 0 Å².